The number of hydrogen-bond acceptors (Lipinski definition) is 8. The van der Waals surface area contributed by atoms with Crippen molar-refractivity contribution in [3.05, 3.63) is 17.7 Å². The second-order valence-electron chi connectivity index (χ2n) is 6.73. The Balaban J connectivity index is 1.71. The number of benzene rings is 1. The lowest BCUT2D eigenvalue weighted by Crippen LogP contribution is -2.39. The van der Waals surface area contributed by atoms with Crippen LogP contribution < -0.4 is 20.5 Å². The Kier molecular flexibility index (Phi) is 6.20. The summed E-state index contributed by atoms with van der Waals surface area (Å²) in [6.45, 7) is 2.49. The predicted molar refractivity (Wildman–Crippen MR) is 103 cm³/mol. The summed E-state index contributed by atoms with van der Waals surface area (Å²) in [5.41, 5.74) is 6.71. The molecule has 156 valence electrons. The summed E-state index contributed by atoms with van der Waals surface area (Å²) in [5, 5.41) is 2.69. The van der Waals surface area contributed by atoms with Gasteiger partial charge in [0.2, 0.25) is 17.8 Å². The highest BCUT2D eigenvalue weighted by atomic mass is 16.5. The van der Waals surface area contributed by atoms with Gasteiger partial charge in [-0.25, -0.2) is 4.99 Å². The van der Waals surface area contributed by atoms with Crippen LogP contribution in [0.2, 0.25) is 0 Å². The molecule has 1 fully saturated rings. The van der Waals surface area contributed by atoms with E-state index in [-0.39, 0.29) is 18.3 Å². The third-order valence-electron chi connectivity index (χ3n) is 4.64. The SMILES string of the molecule is COc1c(OCCCCOC(C)=O)ccc2c1CN1C(=N2)NC(=O)C1CC(N)=O. The molecule has 1 aromatic carbocycles. The van der Waals surface area contributed by atoms with Crippen LogP contribution in [0.15, 0.2) is 17.1 Å². The van der Waals surface area contributed by atoms with Crippen molar-refractivity contribution < 1.29 is 28.6 Å². The Bertz CT molecular complexity index is 853. The Hall–Kier alpha value is -3.30. The highest BCUT2D eigenvalue weighted by Crippen LogP contribution is 2.41. The van der Waals surface area contributed by atoms with Gasteiger partial charge in [0, 0.05) is 12.5 Å². The Labute approximate surface area is 168 Å². The molecule has 3 rings (SSSR count). The minimum Gasteiger partial charge on any atom is -0.492 e. The standard InChI is InChI=1S/C19H24N4O6/c1-11(24)28-7-3-4-8-29-15-6-5-13-12(17(15)27-2)10-23-14(9-16(20)25)18(26)22-19(23)21-13/h5-6,14H,3-4,7-10H2,1-2H3,(H2,20,25)(H,21,22,26). The topological polar surface area (TPSA) is 133 Å². The minimum absolute atomic E-state index is 0.0962. The van der Waals surface area contributed by atoms with Crippen LogP contribution in [-0.4, -0.2) is 55.0 Å². The van der Waals surface area contributed by atoms with E-state index in [0.717, 1.165) is 5.56 Å². The molecule has 0 saturated carbocycles. The van der Waals surface area contributed by atoms with Gasteiger partial charge < -0.3 is 24.8 Å². The van der Waals surface area contributed by atoms with Crippen molar-refractivity contribution in [3.8, 4) is 11.5 Å². The fourth-order valence-electron chi connectivity index (χ4n) is 3.30. The maximum Gasteiger partial charge on any atom is 0.302 e. The van der Waals surface area contributed by atoms with Gasteiger partial charge in [0.15, 0.2) is 11.5 Å². The molecule has 29 heavy (non-hydrogen) atoms. The summed E-state index contributed by atoms with van der Waals surface area (Å²) < 4.78 is 16.3. The number of fused-ring (bicyclic) bond motifs is 2. The number of nitrogens with one attached hydrogen (secondary N) is 1. The number of ether oxygens (including phenoxy) is 3. The summed E-state index contributed by atoms with van der Waals surface area (Å²) >= 11 is 0. The smallest absolute Gasteiger partial charge is 0.302 e. The molecular weight excluding hydrogens is 380 g/mol. The number of guanidine groups is 1. The van der Waals surface area contributed by atoms with Crippen LogP contribution in [-0.2, 0) is 25.7 Å². The van der Waals surface area contributed by atoms with Crippen molar-refractivity contribution in [2.24, 2.45) is 10.7 Å². The second-order valence-corrected chi connectivity index (χ2v) is 6.73. The normalized spacial score (nSPS) is 17.0. The lowest BCUT2D eigenvalue weighted by Gasteiger charge is -2.29. The van der Waals surface area contributed by atoms with Crippen LogP contribution >= 0.6 is 0 Å². The average Bonchev–Trinajstić information content (AvgIpc) is 2.96. The van der Waals surface area contributed by atoms with E-state index in [1.807, 2.05) is 0 Å². The second kappa shape index (κ2) is 8.80. The molecule has 10 heteroatoms. The number of rotatable bonds is 9. The number of hydrogen-bond donors (Lipinski definition) is 2. The summed E-state index contributed by atoms with van der Waals surface area (Å²) in [7, 11) is 1.54. The van der Waals surface area contributed by atoms with E-state index in [0.29, 0.717) is 55.7 Å². The molecule has 10 nitrogen and oxygen atoms in total. The first-order valence-corrected chi connectivity index (χ1v) is 9.31. The van der Waals surface area contributed by atoms with Crippen molar-refractivity contribution in [2.45, 2.75) is 38.8 Å². The fourth-order valence-corrected chi connectivity index (χ4v) is 3.30. The molecular formula is C19H24N4O6. The maximum absolute atomic E-state index is 12.2. The van der Waals surface area contributed by atoms with E-state index in [9.17, 15) is 14.4 Å². The molecule has 2 aliphatic heterocycles. The number of primary amides is 1. The fraction of sp³-hybridized carbons (Fsp3) is 0.474. The largest absolute Gasteiger partial charge is 0.492 e. The van der Waals surface area contributed by atoms with Gasteiger partial charge in [0.05, 0.1) is 39.0 Å². The van der Waals surface area contributed by atoms with Gasteiger partial charge in [-0.2, -0.15) is 0 Å². The number of amides is 2. The average molecular weight is 404 g/mol. The molecule has 2 amide bonds. The number of methoxy groups -OCH3 is 1. The molecule has 3 N–H and O–H groups in total. The monoisotopic (exact) mass is 404 g/mol. The van der Waals surface area contributed by atoms with Gasteiger partial charge in [-0.15, -0.1) is 0 Å². The molecule has 0 radical (unpaired) electrons. The summed E-state index contributed by atoms with van der Waals surface area (Å²) in [6.07, 6.45) is 1.30. The maximum atomic E-state index is 12.2. The Morgan fingerprint density at radius 3 is 2.76 bits per heavy atom. The van der Waals surface area contributed by atoms with E-state index >= 15 is 0 Å². The zero-order valence-electron chi connectivity index (χ0n) is 16.4. The van der Waals surface area contributed by atoms with Gasteiger partial charge in [-0.05, 0) is 25.0 Å². The lowest BCUT2D eigenvalue weighted by atomic mass is 10.1. The molecule has 0 bridgehead atoms. The summed E-state index contributed by atoms with van der Waals surface area (Å²) in [6, 6.07) is 2.86. The van der Waals surface area contributed by atoms with Gasteiger partial charge >= 0.3 is 5.97 Å². The van der Waals surface area contributed by atoms with E-state index in [1.165, 1.54) is 14.0 Å². The Morgan fingerprint density at radius 2 is 2.07 bits per heavy atom. The van der Waals surface area contributed by atoms with Crippen molar-refractivity contribution in [1.29, 1.82) is 0 Å². The molecule has 0 aromatic heterocycles. The molecule has 1 saturated heterocycles. The number of carbonyl (C=O) groups is 3. The zero-order valence-corrected chi connectivity index (χ0v) is 16.4. The Morgan fingerprint density at radius 1 is 1.31 bits per heavy atom. The van der Waals surface area contributed by atoms with Crippen LogP contribution in [0.4, 0.5) is 5.69 Å². The number of esters is 1. The predicted octanol–water partition coefficient (Wildman–Crippen LogP) is 0.594. The number of nitrogens with two attached hydrogens (primary N) is 1. The van der Waals surface area contributed by atoms with Crippen LogP contribution in [0.1, 0.15) is 31.7 Å². The van der Waals surface area contributed by atoms with Crippen molar-refractivity contribution in [3.63, 3.8) is 0 Å². The molecule has 1 unspecified atom stereocenters. The summed E-state index contributed by atoms with van der Waals surface area (Å²) in [4.78, 5) is 40.5. The van der Waals surface area contributed by atoms with Crippen LogP contribution in [0, 0.1) is 0 Å². The first-order chi connectivity index (χ1) is 13.9. The molecule has 0 aliphatic carbocycles. The third kappa shape index (κ3) is 4.58. The zero-order chi connectivity index (χ0) is 21.0. The lowest BCUT2D eigenvalue weighted by molar-refractivity contribution is -0.141. The van der Waals surface area contributed by atoms with Crippen LogP contribution in [0.3, 0.4) is 0 Å². The number of aliphatic imine (C=N–C) groups is 1. The number of carbonyl (C=O) groups excluding carboxylic acids is 3. The molecule has 1 atom stereocenters. The van der Waals surface area contributed by atoms with E-state index in [2.05, 4.69) is 10.3 Å². The highest BCUT2D eigenvalue weighted by Gasteiger charge is 2.40. The molecule has 0 spiro atoms. The van der Waals surface area contributed by atoms with E-state index < -0.39 is 11.9 Å². The van der Waals surface area contributed by atoms with Crippen LogP contribution in [0.5, 0.6) is 11.5 Å². The van der Waals surface area contributed by atoms with Crippen molar-refractivity contribution >= 4 is 29.4 Å². The van der Waals surface area contributed by atoms with Crippen molar-refractivity contribution in [2.75, 3.05) is 20.3 Å². The van der Waals surface area contributed by atoms with Gasteiger partial charge in [-0.3, -0.25) is 19.7 Å². The van der Waals surface area contributed by atoms with Gasteiger partial charge in [0.1, 0.15) is 6.04 Å². The van der Waals surface area contributed by atoms with Gasteiger partial charge in [-0.1, -0.05) is 0 Å². The molecule has 2 aliphatic rings. The van der Waals surface area contributed by atoms with E-state index in [4.69, 9.17) is 19.9 Å². The quantitative estimate of drug-likeness (QED) is 0.455. The molecule has 1 aromatic rings. The van der Waals surface area contributed by atoms with E-state index in [1.54, 1.807) is 17.0 Å². The molecule has 2 heterocycles. The number of unbranched alkanes of at least 4 members (excludes halogenated alkanes) is 1. The third-order valence-corrected chi connectivity index (χ3v) is 4.64. The highest BCUT2D eigenvalue weighted by molar-refractivity contribution is 6.09. The summed E-state index contributed by atoms with van der Waals surface area (Å²) in [5.74, 6) is 0.319. The first-order valence-electron chi connectivity index (χ1n) is 9.31. The first kappa shape index (κ1) is 20.4. The van der Waals surface area contributed by atoms with Crippen LogP contribution in [0.25, 0.3) is 0 Å². The number of nitrogens with zero attached hydrogens (tertiary/aromatic N) is 2. The minimum atomic E-state index is -0.699. The van der Waals surface area contributed by atoms with Crippen molar-refractivity contribution in [1.82, 2.24) is 10.2 Å². The van der Waals surface area contributed by atoms with Gasteiger partial charge in [0.25, 0.3) is 0 Å².